The first-order chi connectivity index (χ1) is 10.9. The molecule has 4 rings (SSSR count). The van der Waals surface area contributed by atoms with E-state index in [1.807, 2.05) is 11.4 Å². The summed E-state index contributed by atoms with van der Waals surface area (Å²) >= 11 is 3.38. The van der Waals surface area contributed by atoms with Gasteiger partial charge in [-0.05, 0) is 28.5 Å². The Bertz CT molecular complexity index is 869. The van der Waals surface area contributed by atoms with Crippen LogP contribution in [0.1, 0.15) is 16.5 Å². The number of rotatable bonds is 4. The van der Waals surface area contributed by atoms with Crippen molar-refractivity contribution in [2.24, 2.45) is 0 Å². The van der Waals surface area contributed by atoms with Crippen LogP contribution in [-0.2, 0) is 0 Å². The van der Waals surface area contributed by atoms with E-state index in [2.05, 4.69) is 63.1 Å². The van der Waals surface area contributed by atoms with Crippen molar-refractivity contribution in [3.05, 3.63) is 76.1 Å². The second-order valence-electron chi connectivity index (χ2n) is 4.87. The molecular weight excluding hydrogens is 310 g/mol. The van der Waals surface area contributed by atoms with Gasteiger partial charge in [-0.1, -0.05) is 36.4 Å². The van der Waals surface area contributed by atoms with Crippen LogP contribution in [-0.4, -0.2) is 9.97 Å². The summed E-state index contributed by atoms with van der Waals surface area (Å²) in [6, 6.07) is 16.9. The maximum atomic E-state index is 4.44. The molecule has 4 aromatic rings. The molecule has 3 nitrogen and oxygen atoms in total. The zero-order chi connectivity index (χ0) is 14.8. The molecule has 1 atom stereocenters. The van der Waals surface area contributed by atoms with Gasteiger partial charge in [-0.3, -0.25) is 0 Å². The van der Waals surface area contributed by atoms with Crippen LogP contribution in [0.3, 0.4) is 0 Å². The Balaban J connectivity index is 1.77. The van der Waals surface area contributed by atoms with E-state index in [4.69, 9.17) is 0 Å². The van der Waals surface area contributed by atoms with Gasteiger partial charge in [0.1, 0.15) is 17.0 Å². The highest BCUT2D eigenvalue weighted by Gasteiger charge is 2.17. The molecule has 0 aliphatic heterocycles. The normalized spacial score (nSPS) is 12.4. The molecule has 5 heteroatoms. The van der Waals surface area contributed by atoms with Gasteiger partial charge in [-0.2, -0.15) is 0 Å². The van der Waals surface area contributed by atoms with Crippen LogP contribution in [0.5, 0.6) is 0 Å². The number of anilines is 1. The van der Waals surface area contributed by atoms with E-state index >= 15 is 0 Å². The lowest BCUT2D eigenvalue weighted by Crippen LogP contribution is -2.12. The largest absolute Gasteiger partial charge is 0.358 e. The third-order valence-corrected chi connectivity index (χ3v) is 5.26. The summed E-state index contributed by atoms with van der Waals surface area (Å²) in [5.41, 5.74) is 1.23. The van der Waals surface area contributed by atoms with Gasteiger partial charge in [-0.25, -0.2) is 9.97 Å². The quantitative estimate of drug-likeness (QED) is 0.577. The summed E-state index contributed by atoms with van der Waals surface area (Å²) in [5.74, 6) is 0.883. The molecule has 3 heterocycles. The van der Waals surface area contributed by atoms with Gasteiger partial charge < -0.3 is 5.32 Å². The Morgan fingerprint density at radius 2 is 1.77 bits per heavy atom. The monoisotopic (exact) mass is 323 g/mol. The molecule has 22 heavy (non-hydrogen) atoms. The molecule has 0 aliphatic carbocycles. The molecule has 0 fully saturated rings. The first-order valence-electron chi connectivity index (χ1n) is 6.95. The standard InChI is InChI=1S/C17H13N3S2/c1-2-5-12(6-3-1)15(14-7-4-9-21-14)20-16-13-8-10-22-17(13)19-11-18-16/h1-11,15H,(H,18,19,20)/t15-/m1/s1. The van der Waals surface area contributed by atoms with E-state index in [-0.39, 0.29) is 6.04 Å². The van der Waals surface area contributed by atoms with E-state index in [9.17, 15) is 0 Å². The number of aromatic nitrogens is 2. The fourth-order valence-electron chi connectivity index (χ4n) is 2.46. The fourth-order valence-corrected chi connectivity index (χ4v) is 4.00. The lowest BCUT2D eigenvalue weighted by atomic mass is 10.1. The number of nitrogens with zero attached hydrogens (tertiary/aromatic N) is 2. The Labute approximate surface area is 136 Å². The highest BCUT2D eigenvalue weighted by Crippen LogP contribution is 2.32. The SMILES string of the molecule is c1ccc([C@@H](Nc2ncnc3sccc23)c2cccs2)cc1. The van der Waals surface area contributed by atoms with Crippen molar-refractivity contribution in [2.75, 3.05) is 5.32 Å². The van der Waals surface area contributed by atoms with Gasteiger partial charge in [0.2, 0.25) is 0 Å². The molecule has 1 N–H and O–H groups in total. The van der Waals surface area contributed by atoms with Gasteiger partial charge >= 0.3 is 0 Å². The second kappa shape index (κ2) is 5.87. The van der Waals surface area contributed by atoms with E-state index < -0.39 is 0 Å². The maximum Gasteiger partial charge on any atom is 0.138 e. The van der Waals surface area contributed by atoms with Crippen molar-refractivity contribution in [1.82, 2.24) is 9.97 Å². The van der Waals surface area contributed by atoms with Crippen LogP contribution in [0, 0.1) is 0 Å². The Morgan fingerprint density at radius 3 is 2.59 bits per heavy atom. The van der Waals surface area contributed by atoms with E-state index in [1.165, 1.54) is 10.4 Å². The fraction of sp³-hybridized carbons (Fsp3) is 0.0588. The summed E-state index contributed by atoms with van der Waals surface area (Å²) in [5, 5.41) is 8.82. The summed E-state index contributed by atoms with van der Waals surface area (Å²) in [6.07, 6.45) is 1.62. The molecule has 0 aliphatic rings. The number of hydrogen-bond donors (Lipinski definition) is 1. The van der Waals surface area contributed by atoms with Crippen LogP contribution in [0.4, 0.5) is 5.82 Å². The van der Waals surface area contributed by atoms with Gasteiger partial charge in [0.15, 0.2) is 0 Å². The van der Waals surface area contributed by atoms with Crippen molar-refractivity contribution < 1.29 is 0 Å². The molecule has 0 spiro atoms. The zero-order valence-corrected chi connectivity index (χ0v) is 13.3. The molecule has 1 aromatic carbocycles. The van der Waals surface area contributed by atoms with Gasteiger partial charge in [0.25, 0.3) is 0 Å². The molecule has 0 amide bonds. The summed E-state index contributed by atoms with van der Waals surface area (Å²) in [6.45, 7) is 0. The summed E-state index contributed by atoms with van der Waals surface area (Å²) in [4.78, 5) is 11.0. The van der Waals surface area contributed by atoms with E-state index in [1.54, 1.807) is 29.0 Å². The molecule has 0 saturated heterocycles. The van der Waals surface area contributed by atoms with Gasteiger partial charge in [-0.15, -0.1) is 22.7 Å². The van der Waals surface area contributed by atoms with E-state index in [0.29, 0.717) is 0 Å². The van der Waals surface area contributed by atoms with Crippen molar-refractivity contribution >= 4 is 38.7 Å². The highest BCUT2D eigenvalue weighted by molar-refractivity contribution is 7.16. The summed E-state index contributed by atoms with van der Waals surface area (Å²) in [7, 11) is 0. The third-order valence-electron chi connectivity index (χ3n) is 3.50. The van der Waals surface area contributed by atoms with Crippen molar-refractivity contribution in [1.29, 1.82) is 0 Å². The topological polar surface area (TPSA) is 37.8 Å². The third kappa shape index (κ3) is 2.49. The minimum Gasteiger partial charge on any atom is -0.358 e. The van der Waals surface area contributed by atoms with Crippen molar-refractivity contribution in [3.63, 3.8) is 0 Å². The molecule has 0 radical (unpaired) electrons. The Hall–Kier alpha value is -2.24. The zero-order valence-electron chi connectivity index (χ0n) is 11.6. The van der Waals surface area contributed by atoms with Crippen LogP contribution >= 0.6 is 22.7 Å². The molecular formula is C17H13N3S2. The first-order valence-corrected chi connectivity index (χ1v) is 8.71. The number of benzene rings is 1. The van der Waals surface area contributed by atoms with E-state index in [0.717, 1.165) is 16.0 Å². The average Bonchev–Trinajstić information content (AvgIpc) is 3.25. The van der Waals surface area contributed by atoms with Crippen LogP contribution in [0.2, 0.25) is 0 Å². The second-order valence-corrected chi connectivity index (χ2v) is 6.74. The smallest absolute Gasteiger partial charge is 0.138 e. The molecule has 3 aromatic heterocycles. The number of thiophene rings is 2. The van der Waals surface area contributed by atoms with Crippen LogP contribution in [0.15, 0.2) is 65.6 Å². The molecule has 108 valence electrons. The van der Waals surface area contributed by atoms with Crippen LogP contribution in [0.25, 0.3) is 10.2 Å². The molecule has 0 unspecified atom stereocenters. The highest BCUT2D eigenvalue weighted by atomic mass is 32.1. The van der Waals surface area contributed by atoms with Gasteiger partial charge in [0, 0.05) is 4.88 Å². The predicted molar refractivity (Wildman–Crippen MR) is 93.6 cm³/mol. The summed E-state index contributed by atoms with van der Waals surface area (Å²) < 4.78 is 0. The predicted octanol–water partition coefficient (Wildman–Crippen LogP) is 4.95. The number of nitrogens with one attached hydrogen (secondary N) is 1. The average molecular weight is 323 g/mol. The number of hydrogen-bond acceptors (Lipinski definition) is 5. The lowest BCUT2D eigenvalue weighted by molar-refractivity contribution is 0.951. The maximum absolute atomic E-state index is 4.44. The number of fused-ring (bicyclic) bond motifs is 1. The molecule has 0 saturated carbocycles. The van der Waals surface area contributed by atoms with Gasteiger partial charge in [0.05, 0.1) is 11.4 Å². The first kappa shape index (κ1) is 13.4. The Morgan fingerprint density at radius 1 is 0.864 bits per heavy atom. The minimum absolute atomic E-state index is 0.0965. The van der Waals surface area contributed by atoms with Crippen LogP contribution < -0.4 is 5.32 Å². The van der Waals surface area contributed by atoms with Crippen molar-refractivity contribution in [2.45, 2.75) is 6.04 Å². The lowest BCUT2D eigenvalue weighted by Gasteiger charge is -2.19. The Kier molecular flexibility index (Phi) is 3.58. The molecule has 0 bridgehead atoms. The van der Waals surface area contributed by atoms with Crippen molar-refractivity contribution in [3.8, 4) is 0 Å². The minimum atomic E-state index is 0.0965.